The molecule has 1 heterocycles. The second-order valence-electron chi connectivity index (χ2n) is 5.36. The average Bonchev–Trinajstić information content (AvgIpc) is 2.50. The SMILES string of the molecule is COc1ccccc1OCCN1CCC(CCN)CC1. The molecule has 0 spiro atoms. The zero-order valence-corrected chi connectivity index (χ0v) is 12.4. The minimum absolute atomic E-state index is 0.710. The van der Waals surface area contributed by atoms with Crippen LogP contribution in [0.5, 0.6) is 11.5 Å². The highest BCUT2D eigenvalue weighted by Gasteiger charge is 2.18. The molecule has 20 heavy (non-hydrogen) atoms. The van der Waals surface area contributed by atoms with Gasteiger partial charge >= 0.3 is 0 Å². The predicted octanol–water partition coefficient (Wildman–Crippen LogP) is 2.13. The molecule has 1 aliphatic heterocycles. The molecule has 4 nitrogen and oxygen atoms in total. The van der Waals surface area contributed by atoms with Crippen LogP contribution in [0.2, 0.25) is 0 Å². The van der Waals surface area contributed by atoms with Crippen molar-refractivity contribution in [3.63, 3.8) is 0 Å². The van der Waals surface area contributed by atoms with Gasteiger partial charge in [-0.2, -0.15) is 0 Å². The highest BCUT2D eigenvalue weighted by molar-refractivity contribution is 5.39. The molecule has 1 aliphatic rings. The van der Waals surface area contributed by atoms with Crippen molar-refractivity contribution in [3.8, 4) is 11.5 Å². The smallest absolute Gasteiger partial charge is 0.161 e. The van der Waals surface area contributed by atoms with E-state index in [4.69, 9.17) is 15.2 Å². The lowest BCUT2D eigenvalue weighted by atomic mass is 9.94. The van der Waals surface area contributed by atoms with Crippen LogP contribution in [0.1, 0.15) is 19.3 Å². The van der Waals surface area contributed by atoms with Crippen molar-refractivity contribution in [1.82, 2.24) is 4.90 Å². The van der Waals surface area contributed by atoms with Gasteiger partial charge in [0.1, 0.15) is 6.61 Å². The Labute approximate surface area is 121 Å². The van der Waals surface area contributed by atoms with Crippen LogP contribution in [0.25, 0.3) is 0 Å². The molecule has 0 aromatic heterocycles. The third-order valence-electron chi connectivity index (χ3n) is 4.02. The average molecular weight is 278 g/mol. The summed E-state index contributed by atoms with van der Waals surface area (Å²) in [6, 6.07) is 7.80. The number of piperidine rings is 1. The fourth-order valence-corrected chi connectivity index (χ4v) is 2.76. The van der Waals surface area contributed by atoms with Gasteiger partial charge in [0.05, 0.1) is 7.11 Å². The fourth-order valence-electron chi connectivity index (χ4n) is 2.76. The number of hydrogen-bond acceptors (Lipinski definition) is 4. The van der Waals surface area contributed by atoms with Crippen LogP contribution in [0.4, 0.5) is 0 Å². The first-order valence-electron chi connectivity index (χ1n) is 7.51. The summed E-state index contributed by atoms with van der Waals surface area (Å²) in [4.78, 5) is 2.47. The van der Waals surface area contributed by atoms with Gasteiger partial charge in [0, 0.05) is 6.54 Å². The van der Waals surface area contributed by atoms with Gasteiger partial charge in [-0.15, -0.1) is 0 Å². The van der Waals surface area contributed by atoms with Gasteiger partial charge in [0.2, 0.25) is 0 Å². The standard InChI is InChI=1S/C16H26N2O2/c1-19-15-4-2-3-5-16(15)20-13-12-18-10-7-14(6-9-17)8-11-18/h2-5,14H,6-13,17H2,1H3. The van der Waals surface area contributed by atoms with Crippen molar-refractivity contribution in [2.45, 2.75) is 19.3 Å². The third-order valence-corrected chi connectivity index (χ3v) is 4.02. The van der Waals surface area contributed by atoms with Crippen LogP contribution in [0.3, 0.4) is 0 Å². The number of hydrogen-bond donors (Lipinski definition) is 1. The van der Waals surface area contributed by atoms with E-state index < -0.39 is 0 Å². The van der Waals surface area contributed by atoms with Crippen molar-refractivity contribution >= 4 is 0 Å². The monoisotopic (exact) mass is 278 g/mol. The Bertz CT molecular complexity index is 390. The van der Waals surface area contributed by atoms with E-state index in [9.17, 15) is 0 Å². The molecule has 1 saturated heterocycles. The lowest BCUT2D eigenvalue weighted by molar-refractivity contribution is 0.151. The lowest BCUT2D eigenvalue weighted by Gasteiger charge is -2.31. The van der Waals surface area contributed by atoms with Crippen LogP contribution in [-0.4, -0.2) is 44.8 Å². The first-order chi connectivity index (χ1) is 9.83. The van der Waals surface area contributed by atoms with Gasteiger partial charge in [0.15, 0.2) is 11.5 Å². The molecule has 2 N–H and O–H groups in total. The number of rotatable bonds is 7. The minimum atomic E-state index is 0.710. The van der Waals surface area contributed by atoms with E-state index in [-0.39, 0.29) is 0 Å². The summed E-state index contributed by atoms with van der Waals surface area (Å²) in [5.74, 6) is 2.45. The van der Waals surface area contributed by atoms with E-state index in [1.807, 2.05) is 24.3 Å². The van der Waals surface area contributed by atoms with Crippen molar-refractivity contribution in [2.24, 2.45) is 11.7 Å². The zero-order chi connectivity index (χ0) is 14.2. The second-order valence-corrected chi connectivity index (χ2v) is 5.36. The molecule has 0 atom stereocenters. The Morgan fingerprint density at radius 3 is 2.55 bits per heavy atom. The maximum atomic E-state index is 5.82. The molecule has 0 aliphatic carbocycles. The van der Waals surface area contributed by atoms with Crippen molar-refractivity contribution < 1.29 is 9.47 Å². The third kappa shape index (κ3) is 4.39. The Balaban J connectivity index is 1.69. The Kier molecular flexibility index (Phi) is 6.15. The molecule has 0 unspecified atom stereocenters. The van der Waals surface area contributed by atoms with Gasteiger partial charge in [-0.05, 0) is 56.9 Å². The normalized spacial score (nSPS) is 17.1. The second kappa shape index (κ2) is 8.12. The molecule has 0 amide bonds. The summed E-state index contributed by atoms with van der Waals surface area (Å²) in [5.41, 5.74) is 5.62. The molecular weight excluding hydrogens is 252 g/mol. The molecule has 112 valence electrons. The predicted molar refractivity (Wildman–Crippen MR) is 81.3 cm³/mol. The number of nitrogens with two attached hydrogens (primary N) is 1. The number of methoxy groups -OCH3 is 1. The highest BCUT2D eigenvalue weighted by Crippen LogP contribution is 2.26. The van der Waals surface area contributed by atoms with E-state index in [2.05, 4.69) is 4.90 Å². The maximum Gasteiger partial charge on any atom is 0.161 e. The molecule has 0 radical (unpaired) electrons. The molecular formula is C16H26N2O2. The van der Waals surface area contributed by atoms with E-state index >= 15 is 0 Å². The zero-order valence-electron chi connectivity index (χ0n) is 12.4. The Morgan fingerprint density at radius 1 is 1.20 bits per heavy atom. The number of ether oxygens (including phenoxy) is 2. The summed E-state index contributed by atoms with van der Waals surface area (Å²) in [5, 5.41) is 0. The Hall–Kier alpha value is -1.26. The first kappa shape index (κ1) is 15.1. The van der Waals surface area contributed by atoms with Crippen LogP contribution >= 0.6 is 0 Å². The number of likely N-dealkylation sites (tertiary alicyclic amines) is 1. The fraction of sp³-hybridized carbons (Fsp3) is 0.625. The Morgan fingerprint density at radius 2 is 1.90 bits per heavy atom. The van der Waals surface area contributed by atoms with E-state index in [0.29, 0.717) is 6.61 Å². The highest BCUT2D eigenvalue weighted by atomic mass is 16.5. The van der Waals surface area contributed by atoms with E-state index in [1.165, 1.54) is 32.4 Å². The van der Waals surface area contributed by atoms with Crippen LogP contribution in [0.15, 0.2) is 24.3 Å². The molecule has 2 rings (SSSR count). The van der Waals surface area contributed by atoms with Gasteiger partial charge in [-0.3, -0.25) is 4.90 Å². The number of benzene rings is 1. The molecule has 0 bridgehead atoms. The van der Waals surface area contributed by atoms with Crippen molar-refractivity contribution in [1.29, 1.82) is 0 Å². The van der Waals surface area contributed by atoms with Crippen LogP contribution in [-0.2, 0) is 0 Å². The summed E-state index contributed by atoms with van der Waals surface area (Å²) < 4.78 is 11.1. The lowest BCUT2D eigenvalue weighted by Crippen LogP contribution is -2.36. The van der Waals surface area contributed by atoms with Crippen LogP contribution in [0, 0.1) is 5.92 Å². The van der Waals surface area contributed by atoms with Crippen molar-refractivity contribution in [3.05, 3.63) is 24.3 Å². The summed E-state index contributed by atoms with van der Waals surface area (Å²) in [6.07, 6.45) is 3.71. The summed E-state index contributed by atoms with van der Waals surface area (Å²) in [7, 11) is 1.67. The van der Waals surface area contributed by atoms with E-state index in [1.54, 1.807) is 7.11 Å². The maximum absolute atomic E-state index is 5.82. The summed E-state index contributed by atoms with van der Waals surface area (Å²) >= 11 is 0. The van der Waals surface area contributed by atoms with Gasteiger partial charge in [-0.1, -0.05) is 12.1 Å². The van der Waals surface area contributed by atoms with Gasteiger partial charge < -0.3 is 15.2 Å². The molecule has 1 aromatic rings. The van der Waals surface area contributed by atoms with E-state index in [0.717, 1.165) is 30.5 Å². The van der Waals surface area contributed by atoms with Crippen molar-refractivity contribution in [2.75, 3.05) is 39.9 Å². The minimum Gasteiger partial charge on any atom is -0.493 e. The topological polar surface area (TPSA) is 47.7 Å². The molecule has 0 saturated carbocycles. The van der Waals surface area contributed by atoms with Gasteiger partial charge in [-0.25, -0.2) is 0 Å². The molecule has 1 aromatic carbocycles. The number of nitrogens with zero attached hydrogens (tertiary/aromatic N) is 1. The quantitative estimate of drug-likeness (QED) is 0.830. The van der Waals surface area contributed by atoms with Crippen LogP contribution < -0.4 is 15.2 Å². The summed E-state index contributed by atoms with van der Waals surface area (Å²) in [6.45, 7) is 4.84. The molecule has 1 fully saturated rings. The largest absolute Gasteiger partial charge is 0.493 e. The number of para-hydroxylation sites is 2. The van der Waals surface area contributed by atoms with Gasteiger partial charge in [0.25, 0.3) is 0 Å². The first-order valence-corrected chi connectivity index (χ1v) is 7.51. The molecule has 4 heteroatoms.